The minimum absolute atomic E-state index is 0.111. The van der Waals surface area contributed by atoms with Crippen LogP contribution in [0.4, 0.5) is 0 Å². The van der Waals surface area contributed by atoms with Gasteiger partial charge < -0.3 is 19.9 Å². The van der Waals surface area contributed by atoms with Crippen LogP contribution in [-0.2, 0) is 11.4 Å². The van der Waals surface area contributed by atoms with Crippen LogP contribution in [-0.4, -0.2) is 39.4 Å². The second-order valence-corrected chi connectivity index (χ2v) is 7.33. The van der Waals surface area contributed by atoms with Crippen LogP contribution in [0.2, 0.25) is 5.02 Å². The van der Waals surface area contributed by atoms with E-state index in [4.69, 9.17) is 26.6 Å². The summed E-state index contributed by atoms with van der Waals surface area (Å²) in [5, 5.41) is 4.53. The summed E-state index contributed by atoms with van der Waals surface area (Å²) in [6.07, 6.45) is 1.37. The van der Waals surface area contributed by atoms with Gasteiger partial charge in [-0.2, -0.15) is 4.98 Å². The van der Waals surface area contributed by atoms with Crippen LogP contribution in [0.15, 0.2) is 53.1 Å². The van der Waals surface area contributed by atoms with Crippen molar-refractivity contribution in [1.82, 2.24) is 15.0 Å². The number of rotatable bonds is 6. The van der Waals surface area contributed by atoms with Crippen molar-refractivity contribution in [2.24, 2.45) is 5.73 Å². The number of carbonyl (C=O) groups is 2. The maximum atomic E-state index is 12.6. The van der Waals surface area contributed by atoms with E-state index in [-0.39, 0.29) is 12.5 Å². The minimum atomic E-state index is -0.540. The third-order valence-electron chi connectivity index (χ3n) is 4.87. The van der Waals surface area contributed by atoms with Crippen molar-refractivity contribution in [2.45, 2.75) is 25.5 Å². The van der Waals surface area contributed by atoms with Crippen molar-refractivity contribution in [3.05, 3.63) is 64.9 Å². The lowest BCUT2D eigenvalue weighted by atomic mass is 10.1. The summed E-state index contributed by atoms with van der Waals surface area (Å²) in [6.45, 7) is 0.638. The number of aromatic nitrogens is 2. The number of likely N-dealkylation sites (tertiary alicyclic amines) is 1. The number of carbonyl (C=O) groups excluding carboxylic acids is 2. The van der Waals surface area contributed by atoms with Gasteiger partial charge in [-0.15, -0.1) is 0 Å². The lowest BCUT2D eigenvalue weighted by Gasteiger charge is -2.22. The molecule has 0 radical (unpaired) electrons. The molecule has 2 amide bonds. The molecular formula is C21H19ClN4O4. The Balaban J connectivity index is 1.37. The van der Waals surface area contributed by atoms with Crippen LogP contribution >= 0.6 is 11.6 Å². The molecule has 0 aliphatic carbocycles. The highest BCUT2D eigenvalue weighted by atomic mass is 35.5. The second kappa shape index (κ2) is 8.54. The molecule has 2 N–H and O–H groups in total. The molecule has 1 saturated heterocycles. The fourth-order valence-corrected chi connectivity index (χ4v) is 3.46. The van der Waals surface area contributed by atoms with Gasteiger partial charge in [0, 0.05) is 22.7 Å². The first-order valence-corrected chi connectivity index (χ1v) is 9.81. The van der Waals surface area contributed by atoms with Crippen molar-refractivity contribution < 1.29 is 18.8 Å². The molecule has 4 rings (SSSR count). The number of nitrogens with zero attached hydrogens (tertiary/aromatic N) is 3. The molecule has 0 saturated carbocycles. The molecule has 1 aromatic heterocycles. The van der Waals surface area contributed by atoms with Crippen molar-refractivity contribution in [1.29, 1.82) is 0 Å². The summed E-state index contributed by atoms with van der Waals surface area (Å²) < 4.78 is 10.9. The van der Waals surface area contributed by atoms with Crippen LogP contribution < -0.4 is 10.5 Å². The Morgan fingerprint density at radius 3 is 2.60 bits per heavy atom. The molecule has 9 heteroatoms. The zero-order chi connectivity index (χ0) is 21.1. The van der Waals surface area contributed by atoms with Crippen molar-refractivity contribution >= 4 is 23.4 Å². The minimum Gasteiger partial charge on any atom is -0.485 e. The fraction of sp³-hybridized carbons (Fsp3) is 0.238. The molecule has 1 atom stereocenters. The topological polar surface area (TPSA) is 112 Å². The van der Waals surface area contributed by atoms with E-state index in [9.17, 15) is 9.59 Å². The second-order valence-electron chi connectivity index (χ2n) is 6.89. The molecule has 0 bridgehead atoms. The average Bonchev–Trinajstić information content (AvgIpc) is 3.43. The average molecular weight is 427 g/mol. The van der Waals surface area contributed by atoms with Gasteiger partial charge in [0.2, 0.25) is 11.7 Å². The Labute approximate surface area is 177 Å². The molecule has 0 unspecified atom stereocenters. The molecular weight excluding hydrogens is 408 g/mol. The lowest BCUT2D eigenvalue weighted by Crippen LogP contribution is -2.43. The van der Waals surface area contributed by atoms with E-state index in [1.807, 2.05) is 0 Å². The van der Waals surface area contributed by atoms with Crippen molar-refractivity contribution in [3.8, 4) is 17.2 Å². The standard InChI is InChI=1S/C21H19ClN4O4/c22-15-7-3-13(4-8-15)20-24-18(25-30-20)12-29-16-9-5-14(6-10-16)21(28)26-11-1-2-17(26)19(23)27/h3-10,17H,1-2,11-12H2,(H2,23,27)/t17-/m0/s1. The fourth-order valence-electron chi connectivity index (χ4n) is 3.34. The molecule has 1 fully saturated rings. The smallest absolute Gasteiger partial charge is 0.258 e. The van der Waals surface area contributed by atoms with E-state index in [0.717, 1.165) is 12.0 Å². The summed E-state index contributed by atoms with van der Waals surface area (Å²) in [4.78, 5) is 30.0. The molecule has 30 heavy (non-hydrogen) atoms. The first-order valence-electron chi connectivity index (χ1n) is 9.43. The number of hydrogen-bond donors (Lipinski definition) is 1. The number of benzene rings is 2. The highest BCUT2D eigenvalue weighted by molar-refractivity contribution is 6.30. The first kappa shape index (κ1) is 19.9. The quantitative estimate of drug-likeness (QED) is 0.648. The number of nitrogens with two attached hydrogens (primary N) is 1. The Morgan fingerprint density at radius 1 is 1.17 bits per heavy atom. The van der Waals surface area contributed by atoms with Crippen LogP contribution in [0.3, 0.4) is 0 Å². The van der Waals surface area contributed by atoms with E-state index in [1.54, 1.807) is 48.5 Å². The third-order valence-corrected chi connectivity index (χ3v) is 5.12. The van der Waals surface area contributed by atoms with E-state index >= 15 is 0 Å². The van der Waals surface area contributed by atoms with Gasteiger partial charge in [-0.3, -0.25) is 9.59 Å². The van der Waals surface area contributed by atoms with Gasteiger partial charge in [0.05, 0.1) is 0 Å². The number of primary amides is 1. The maximum Gasteiger partial charge on any atom is 0.258 e. The van der Waals surface area contributed by atoms with E-state index in [0.29, 0.717) is 41.0 Å². The molecule has 0 spiro atoms. The van der Waals surface area contributed by atoms with Crippen molar-refractivity contribution in [3.63, 3.8) is 0 Å². The Hall–Kier alpha value is -3.39. The number of hydrogen-bond acceptors (Lipinski definition) is 6. The summed E-state index contributed by atoms with van der Waals surface area (Å²) in [5.74, 6) is 0.632. The highest BCUT2D eigenvalue weighted by Crippen LogP contribution is 2.22. The van der Waals surface area contributed by atoms with Crippen LogP contribution in [0.25, 0.3) is 11.5 Å². The number of halogens is 1. The van der Waals surface area contributed by atoms with Gasteiger partial charge in [0.15, 0.2) is 6.61 Å². The number of ether oxygens (including phenoxy) is 1. The highest BCUT2D eigenvalue weighted by Gasteiger charge is 2.33. The molecule has 2 heterocycles. The van der Waals surface area contributed by atoms with Gasteiger partial charge in [-0.1, -0.05) is 16.8 Å². The van der Waals surface area contributed by atoms with Gasteiger partial charge in [0.1, 0.15) is 11.8 Å². The van der Waals surface area contributed by atoms with E-state index in [2.05, 4.69) is 10.1 Å². The Bertz CT molecular complexity index is 1050. The molecule has 2 aromatic carbocycles. The summed E-state index contributed by atoms with van der Waals surface area (Å²) in [7, 11) is 0. The monoisotopic (exact) mass is 426 g/mol. The van der Waals surface area contributed by atoms with Gasteiger partial charge in [-0.25, -0.2) is 0 Å². The van der Waals surface area contributed by atoms with Crippen LogP contribution in [0.1, 0.15) is 29.0 Å². The summed E-state index contributed by atoms with van der Waals surface area (Å²) >= 11 is 5.88. The van der Waals surface area contributed by atoms with Gasteiger partial charge in [-0.05, 0) is 61.4 Å². The predicted molar refractivity (Wildman–Crippen MR) is 109 cm³/mol. The number of amides is 2. The van der Waals surface area contributed by atoms with Crippen molar-refractivity contribution in [2.75, 3.05) is 6.54 Å². The van der Waals surface area contributed by atoms with Crippen LogP contribution in [0.5, 0.6) is 5.75 Å². The lowest BCUT2D eigenvalue weighted by molar-refractivity contribution is -0.121. The normalized spacial score (nSPS) is 15.9. The SMILES string of the molecule is NC(=O)[C@@H]1CCCN1C(=O)c1ccc(OCc2noc(-c3ccc(Cl)cc3)n2)cc1. The largest absolute Gasteiger partial charge is 0.485 e. The molecule has 1 aliphatic rings. The van der Waals surface area contributed by atoms with E-state index < -0.39 is 11.9 Å². The third kappa shape index (κ3) is 4.28. The molecule has 8 nitrogen and oxygen atoms in total. The Kier molecular flexibility index (Phi) is 5.67. The molecule has 154 valence electrons. The van der Waals surface area contributed by atoms with Gasteiger partial charge in [0.25, 0.3) is 11.8 Å². The maximum absolute atomic E-state index is 12.6. The Morgan fingerprint density at radius 2 is 1.90 bits per heavy atom. The zero-order valence-electron chi connectivity index (χ0n) is 16.0. The molecule has 3 aromatic rings. The summed E-state index contributed by atoms with van der Waals surface area (Å²) in [5.41, 5.74) is 6.62. The summed E-state index contributed by atoms with van der Waals surface area (Å²) in [6, 6.07) is 13.2. The van der Waals surface area contributed by atoms with E-state index in [1.165, 1.54) is 4.90 Å². The molecule has 1 aliphatic heterocycles. The zero-order valence-corrected chi connectivity index (χ0v) is 16.7. The van der Waals surface area contributed by atoms with Gasteiger partial charge >= 0.3 is 0 Å². The van der Waals surface area contributed by atoms with Crippen LogP contribution in [0, 0.1) is 0 Å². The predicted octanol–water partition coefficient (Wildman–Crippen LogP) is 3.06. The first-order chi connectivity index (χ1) is 14.5.